The van der Waals surface area contributed by atoms with Crippen LogP contribution in [0.1, 0.15) is 32.3 Å². The van der Waals surface area contributed by atoms with Gasteiger partial charge in [-0.1, -0.05) is 31.5 Å². The Hall–Kier alpha value is -1.14. The molecule has 0 spiro atoms. The van der Waals surface area contributed by atoms with E-state index < -0.39 is 15.9 Å². The third-order valence-electron chi connectivity index (χ3n) is 2.01. The van der Waals surface area contributed by atoms with Gasteiger partial charge in [0.1, 0.15) is 5.15 Å². The molecule has 0 aliphatic rings. The first kappa shape index (κ1) is 13.9. The molecule has 1 rings (SSSR count). The molecule has 94 valence electrons. The fraction of sp³-hybridized carbons (Fsp3) is 0.400. The number of halogens is 1. The predicted molar refractivity (Wildman–Crippen MR) is 64.3 cm³/mol. The van der Waals surface area contributed by atoms with Gasteiger partial charge >= 0.3 is 0 Å². The van der Waals surface area contributed by atoms with E-state index in [2.05, 4.69) is 4.98 Å². The first-order valence-corrected chi connectivity index (χ1v) is 6.80. The third-order valence-corrected chi connectivity index (χ3v) is 3.61. The zero-order valence-corrected chi connectivity index (χ0v) is 11.3. The maximum absolute atomic E-state index is 11.9. The van der Waals surface area contributed by atoms with Crippen LogP contribution in [0.25, 0.3) is 0 Å². The maximum atomic E-state index is 11.9. The number of hydrogen-bond donors (Lipinski definition) is 1. The predicted octanol–water partition coefficient (Wildman–Crippen LogP) is 1.68. The van der Waals surface area contributed by atoms with Crippen LogP contribution in [-0.2, 0) is 14.8 Å². The van der Waals surface area contributed by atoms with Crippen molar-refractivity contribution in [3.63, 3.8) is 0 Å². The molecule has 7 heteroatoms. The lowest BCUT2D eigenvalue weighted by molar-refractivity contribution is -0.117. The van der Waals surface area contributed by atoms with Crippen LogP contribution in [0.2, 0.25) is 5.15 Å². The lowest BCUT2D eigenvalue weighted by Gasteiger charge is -2.12. The number of rotatable bonds is 3. The molecular formula is C10H13ClN2O3S. The first-order chi connectivity index (χ1) is 7.74. The van der Waals surface area contributed by atoms with E-state index in [9.17, 15) is 13.2 Å². The molecule has 0 aromatic carbocycles. The fourth-order valence-electron chi connectivity index (χ4n) is 1.32. The summed E-state index contributed by atoms with van der Waals surface area (Å²) >= 11 is 5.68. The highest BCUT2D eigenvalue weighted by Crippen LogP contribution is 2.23. The van der Waals surface area contributed by atoms with Gasteiger partial charge in [0.05, 0.1) is 0 Å². The molecule has 5 nitrogen and oxygen atoms in total. The van der Waals surface area contributed by atoms with Crippen molar-refractivity contribution in [2.75, 3.05) is 0 Å². The lowest BCUT2D eigenvalue weighted by Crippen LogP contribution is -2.30. The standard InChI is InChI=1S/C10H13ClN2O3S/c1-6(2)8-4-5-9(11)12-10(8)17(15,16)13-7(3)14/h4-6H,1-3H3,(H,13,14). The van der Waals surface area contributed by atoms with E-state index in [1.807, 2.05) is 18.6 Å². The van der Waals surface area contributed by atoms with E-state index in [1.165, 1.54) is 6.07 Å². The summed E-state index contributed by atoms with van der Waals surface area (Å²) in [6.45, 7) is 4.78. The Morgan fingerprint density at radius 2 is 2.00 bits per heavy atom. The zero-order valence-electron chi connectivity index (χ0n) is 9.69. The van der Waals surface area contributed by atoms with Crippen LogP contribution < -0.4 is 4.72 Å². The molecular weight excluding hydrogens is 264 g/mol. The number of pyridine rings is 1. The minimum Gasteiger partial charge on any atom is -0.274 e. The average molecular weight is 277 g/mol. The number of aromatic nitrogens is 1. The van der Waals surface area contributed by atoms with E-state index in [0.717, 1.165) is 6.92 Å². The molecule has 0 aliphatic heterocycles. The summed E-state index contributed by atoms with van der Waals surface area (Å²) in [6.07, 6.45) is 0. The summed E-state index contributed by atoms with van der Waals surface area (Å²) in [5.74, 6) is -0.709. The first-order valence-electron chi connectivity index (χ1n) is 4.94. The van der Waals surface area contributed by atoms with E-state index in [0.29, 0.717) is 5.56 Å². The summed E-state index contributed by atoms with van der Waals surface area (Å²) in [7, 11) is -3.95. The van der Waals surface area contributed by atoms with Gasteiger partial charge in [0.15, 0.2) is 5.03 Å². The second-order valence-electron chi connectivity index (χ2n) is 3.84. The van der Waals surface area contributed by atoms with Crippen molar-refractivity contribution in [2.45, 2.75) is 31.7 Å². The van der Waals surface area contributed by atoms with Gasteiger partial charge < -0.3 is 0 Å². The molecule has 0 atom stereocenters. The molecule has 1 heterocycles. The van der Waals surface area contributed by atoms with Crippen LogP contribution in [0.3, 0.4) is 0 Å². The second-order valence-corrected chi connectivity index (χ2v) is 5.83. The van der Waals surface area contributed by atoms with E-state index in [4.69, 9.17) is 11.6 Å². The van der Waals surface area contributed by atoms with Crippen molar-refractivity contribution < 1.29 is 13.2 Å². The number of nitrogens with one attached hydrogen (secondary N) is 1. The number of amides is 1. The van der Waals surface area contributed by atoms with Crippen molar-refractivity contribution in [3.8, 4) is 0 Å². The largest absolute Gasteiger partial charge is 0.281 e. The van der Waals surface area contributed by atoms with E-state index >= 15 is 0 Å². The minimum atomic E-state index is -3.95. The van der Waals surface area contributed by atoms with Crippen LogP contribution in [0.15, 0.2) is 17.2 Å². The number of carbonyl (C=O) groups excluding carboxylic acids is 1. The quantitative estimate of drug-likeness (QED) is 0.852. The van der Waals surface area contributed by atoms with Gasteiger partial charge in [0, 0.05) is 6.92 Å². The highest BCUT2D eigenvalue weighted by Gasteiger charge is 2.23. The lowest BCUT2D eigenvalue weighted by atomic mass is 10.1. The van der Waals surface area contributed by atoms with Gasteiger partial charge in [-0.05, 0) is 17.5 Å². The molecule has 1 aromatic heterocycles. The highest BCUT2D eigenvalue weighted by atomic mass is 35.5. The van der Waals surface area contributed by atoms with Gasteiger partial charge in [-0.15, -0.1) is 0 Å². The summed E-state index contributed by atoms with van der Waals surface area (Å²) in [5.41, 5.74) is 0.517. The molecule has 0 saturated carbocycles. The van der Waals surface area contributed by atoms with Crippen molar-refractivity contribution in [2.24, 2.45) is 0 Å². The summed E-state index contributed by atoms with van der Waals surface area (Å²) in [6, 6.07) is 3.11. The molecule has 1 aromatic rings. The summed E-state index contributed by atoms with van der Waals surface area (Å²) in [4.78, 5) is 14.6. The van der Waals surface area contributed by atoms with Crippen molar-refractivity contribution in [1.82, 2.24) is 9.71 Å². The Balaban J connectivity index is 3.38. The Morgan fingerprint density at radius 3 is 2.47 bits per heavy atom. The van der Waals surface area contributed by atoms with Gasteiger partial charge in [-0.25, -0.2) is 9.71 Å². The fourth-order valence-corrected chi connectivity index (χ4v) is 2.83. The number of sulfonamides is 1. The van der Waals surface area contributed by atoms with Crippen LogP contribution in [0.5, 0.6) is 0 Å². The monoisotopic (exact) mass is 276 g/mol. The van der Waals surface area contributed by atoms with E-state index in [-0.39, 0.29) is 16.1 Å². The molecule has 0 bridgehead atoms. The second kappa shape index (κ2) is 5.01. The Morgan fingerprint density at radius 1 is 1.41 bits per heavy atom. The molecule has 0 saturated heterocycles. The maximum Gasteiger partial charge on any atom is 0.281 e. The SMILES string of the molecule is CC(=O)NS(=O)(=O)c1nc(Cl)ccc1C(C)C. The number of carbonyl (C=O) groups is 1. The zero-order chi connectivity index (χ0) is 13.2. The van der Waals surface area contributed by atoms with E-state index in [1.54, 1.807) is 6.07 Å². The Kier molecular flexibility index (Phi) is 4.11. The molecule has 1 amide bonds. The van der Waals surface area contributed by atoms with Crippen molar-refractivity contribution in [1.29, 1.82) is 0 Å². The molecule has 1 N–H and O–H groups in total. The molecule has 0 radical (unpaired) electrons. The molecule has 0 aliphatic carbocycles. The van der Waals surface area contributed by atoms with Crippen molar-refractivity contribution in [3.05, 3.63) is 22.8 Å². The molecule has 0 fully saturated rings. The third kappa shape index (κ3) is 3.41. The topological polar surface area (TPSA) is 76.1 Å². The minimum absolute atomic E-state index is 0.0432. The van der Waals surface area contributed by atoms with Gasteiger partial charge in [0.25, 0.3) is 10.0 Å². The van der Waals surface area contributed by atoms with Crippen LogP contribution in [0, 0.1) is 0 Å². The van der Waals surface area contributed by atoms with Gasteiger partial charge in [-0.2, -0.15) is 8.42 Å². The summed E-state index contributed by atoms with van der Waals surface area (Å²) < 4.78 is 25.6. The Labute approximate surface area is 105 Å². The molecule has 0 unspecified atom stereocenters. The number of hydrogen-bond acceptors (Lipinski definition) is 4. The van der Waals surface area contributed by atoms with Crippen molar-refractivity contribution >= 4 is 27.5 Å². The van der Waals surface area contributed by atoms with Crippen LogP contribution in [-0.4, -0.2) is 19.3 Å². The normalized spacial score (nSPS) is 11.6. The summed E-state index contributed by atoms with van der Waals surface area (Å²) in [5, 5.41) is -0.131. The highest BCUT2D eigenvalue weighted by molar-refractivity contribution is 7.90. The van der Waals surface area contributed by atoms with Crippen LogP contribution >= 0.6 is 11.6 Å². The molecule has 17 heavy (non-hydrogen) atoms. The number of nitrogens with zero attached hydrogens (tertiary/aromatic N) is 1. The van der Waals surface area contributed by atoms with Crippen LogP contribution in [0.4, 0.5) is 0 Å². The Bertz CT molecular complexity index is 540. The smallest absolute Gasteiger partial charge is 0.274 e. The average Bonchev–Trinajstić information content (AvgIpc) is 2.14. The van der Waals surface area contributed by atoms with Gasteiger partial charge in [-0.3, -0.25) is 4.79 Å². The van der Waals surface area contributed by atoms with Gasteiger partial charge in [0.2, 0.25) is 5.91 Å².